The summed E-state index contributed by atoms with van der Waals surface area (Å²) in [5.74, 6) is 1.48. The Hall–Kier alpha value is -3.54. The molecule has 4 heterocycles. The first-order valence-electron chi connectivity index (χ1n) is 9.94. The number of nitrogens with zero attached hydrogens (tertiary/aromatic N) is 7. The maximum absolute atomic E-state index is 9.47. The fraction of sp³-hybridized carbons (Fsp3) is 0.429. The minimum Gasteiger partial charge on any atom is -0.346 e. The van der Waals surface area contributed by atoms with E-state index in [0.717, 1.165) is 35.1 Å². The van der Waals surface area contributed by atoms with E-state index < -0.39 is 0 Å². The summed E-state index contributed by atoms with van der Waals surface area (Å²) in [7, 11) is 0. The average molecular weight is 402 g/mol. The minimum absolute atomic E-state index is 0.130. The van der Waals surface area contributed by atoms with Crippen LogP contribution in [0.3, 0.4) is 0 Å². The van der Waals surface area contributed by atoms with Crippen molar-refractivity contribution in [1.82, 2.24) is 34.9 Å². The van der Waals surface area contributed by atoms with E-state index in [-0.39, 0.29) is 16.9 Å². The van der Waals surface area contributed by atoms with E-state index in [1.54, 1.807) is 6.20 Å². The smallest absolute Gasteiger partial charge is 0.229 e. The Morgan fingerprint density at radius 2 is 2.17 bits per heavy atom. The van der Waals surface area contributed by atoms with Crippen LogP contribution in [0.1, 0.15) is 57.7 Å². The van der Waals surface area contributed by atoms with Gasteiger partial charge in [-0.1, -0.05) is 25.9 Å². The average Bonchev–Trinajstić information content (AvgIpc) is 3.43. The third-order valence-corrected chi connectivity index (χ3v) is 5.82. The van der Waals surface area contributed by atoms with E-state index in [4.69, 9.17) is 4.52 Å². The molecule has 1 fully saturated rings. The molecule has 1 aliphatic carbocycles. The molecule has 1 aliphatic rings. The first-order chi connectivity index (χ1) is 14.4. The number of fused-ring (bicyclic) bond motifs is 1. The molecule has 0 amide bonds. The number of nitriles is 1. The molecule has 4 aromatic heterocycles. The molecule has 1 saturated carbocycles. The zero-order valence-corrected chi connectivity index (χ0v) is 17.1. The molecule has 0 radical (unpaired) electrons. The number of H-pyrrole nitrogens is 1. The second-order valence-corrected chi connectivity index (χ2v) is 9.01. The van der Waals surface area contributed by atoms with Gasteiger partial charge >= 0.3 is 0 Å². The van der Waals surface area contributed by atoms with Crippen LogP contribution in [0.25, 0.3) is 22.3 Å². The summed E-state index contributed by atoms with van der Waals surface area (Å²) in [5.41, 5.74) is 1.97. The quantitative estimate of drug-likeness (QED) is 0.552. The van der Waals surface area contributed by atoms with Crippen molar-refractivity contribution in [2.45, 2.75) is 56.9 Å². The van der Waals surface area contributed by atoms with E-state index >= 15 is 0 Å². The van der Waals surface area contributed by atoms with Crippen LogP contribution in [-0.4, -0.2) is 34.9 Å². The van der Waals surface area contributed by atoms with Crippen LogP contribution in [0, 0.1) is 11.3 Å². The molecule has 9 heteroatoms. The molecule has 30 heavy (non-hydrogen) atoms. The van der Waals surface area contributed by atoms with Gasteiger partial charge in [-0.05, 0) is 18.9 Å². The highest BCUT2D eigenvalue weighted by Gasteiger charge is 2.49. The molecule has 0 atom stereocenters. The van der Waals surface area contributed by atoms with E-state index in [1.165, 1.54) is 6.33 Å². The predicted octanol–water partition coefficient (Wildman–Crippen LogP) is 3.69. The van der Waals surface area contributed by atoms with Gasteiger partial charge in [0.1, 0.15) is 12.0 Å². The van der Waals surface area contributed by atoms with E-state index in [2.05, 4.69) is 57.0 Å². The molecule has 0 unspecified atom stereocenters. The topological polar surface area (TPSA) is 122 Å². The Kier molecular flexibility index (Phi) is 4.00. The van der Waals surface area contributed by atoms with Gasteiger partial charge in [-0.25, -0.2) is 9.97 Å². The maximum atomic E-state index is 9.47. The molecule has 0 aromatic carbocycles. The van der Waals surface area contributed by atoms with Gasteiger partial charge in [0.25, 0.3) is 0 Å². The SMILES string of the molecule is CC(C)(C)c1noc(C2CC(CC#N)(n3cc(-c4ncnc5[nH]ccc45)cn3)C2)n1. The molecule has 152 valence electrons. The van der Waals surface area contributed by atoms with Crippen LogP contribution in [0.4, 0.5) is 0 Å². The summed E-state index contributed by atoms with van der Waals surface area (Å²) in [5, 5.41) is 19.1. The van der Waals surface area contributed by atoms with Crippen molar-refractivity contribution >= 4 is 11.0 Å². The lowest BCUT2D eigenvalue weighted by atomic mass is 9.66. The lowest BCUT2D eigenvalue weighted by Crippen LogP contribution is -2.45. The van der Waals surface area contributed by atoms with Crippen LogP contribution >= 0.6 is 0 Å². The first kappa shape index (κ1) is 18.5. The van der Waals surface area contributed by atoms with Crippen LogP contribution in [0.5, 0.6) is 0 Å². The molecule has 4 aromatic rings. The van der Waals surface area contributed by atoms with Crippen LogP contribution < -0.4 is 0 Å². The molecule has 0 bridgehead atoms. The van der Waals surface area contributed by atoms with E-state index in [9.17, 15) is 5.26 Å². The van der Waals surface area contributed by atoms with Gasteiger partial charge in [-0.3, -0.25) is 4.68 Å². The summed E-state index contributed by atoms with van der Waals surface area (Å²) in [6.45, 7) is 6.17. The van der Waals surface area contributed by atoms with Gasteiger partial charge in [-0.2, -0.15) is 15.3 Å². The van der Waals surface area contributed by atoms with Crippen LogP contribution in [0.2, 0.25) is 0 Å². The van der Waals surface area contributed by atoms with Gasteiger partial charge in [0.15, 0.2) is 5.82 Å². The zero-order valence-electron chi connectivity index (χ0n) is 17.1. The third kappa shape index (κ3) is 2.87. The number of hydrogen-bond donors (Lipinski definition) is 1. The summed E-state index contributed by atoms with van der Waals surface area (Å²) in [4.78, 5) is 16.4. The number of rotatable bonds is 4. The highest BCUT2D eigenvalue weighted by atomic mass is 16.5. The molecule has 1 N–H and O–H groups in total. The second kappa shape index (κ2) is 6.49. The van der Waals surface area contributed by atoms with Crippen molar-refractivity contribution in [2.75, 3.05) is 0 Å². The Balaban J connectivity index is 1.42. The van der Waals surface area contributed by atoms with Crippen molar-refractivity contribution in [3.63, 3.8) is 0 Å². The van der Waals surface area contributed by atoms with Crippen molar-refractivity contribution in [2.24, 2.45) is 0 Å². The molecule has 5 rings (SSSR count). The van der Waals surface area contributed by atoms with Crippen LogP contribution in [-0.2, 0) is 11.0 Å². The normalized spacial score (nSPS) is 21.5. The number of aromatic amines is 1. The van der Waals surface area contributed by atoms with E-state index in [1.807, 2.05) is 23.1 Å². The summed E-state index contributed by atoms with van der Waals surface area (Å²) >= 11 is 0. The van der Waals surface area contributed by atoms with Gasteiger partial charge < -0.3 is 9.51 Å². The van der Waals surface area contributed by atoms with Crippen LogP contribution in [0.15, 0.2) is 35.5 Å². The van der Waals surface area contributed by atoms with Crippen molar-refractivity contribution in [1.29, 1.82) is 5.26 Å². The predicted molar refractivity (Wildman–Crippen MR) is 108 cm³/mol. The Labute approximate surface area is 173 Å². The summed E-state index contributed by atoms with van der Waals surface area (Å²) < 4.78 is 7.43. The highest BCUT2D eigenvalue weighted by molar-refractivity contribution is 5.89. The molecule has 0 aliphatic heterocycles. The monoisotopic (exact) mass is 402 g/mol. The molecule has 0 saturated heterocycles. The Morgan fingerprint density at radius 1 is 1.33 bits per heavy atom. The highest BCUT2D eigenvalue weighted by Crippen LogP contribution is 2.51. The Bertz CT molecular complexity index is 1250. The fourth-order valence-electron chi connectivity index (χ4n) is 4.10. The molecule has 9 nitrogen and oxygen atoms in total. The van der Waals surface area contributed by atoms with Gasteiger partial charge in [0, 0.05) is 34.7 Å². The van der Waals surface area contributed by atoms with Crippen molar-refractivity contribution in [3.8, 4) is 17.3 Å². The van der Waals surface area contributed by atoms with Crippen molar-refractivity contribution in [3.05, 3.63) is 42.7 Å². The number of nitrogens with one attached hydrogen (secondary N) is 1. The van der Waals surface area contributed by atoms with Crippen molar-refractivity contribution < 1.29 is 4.52 Å². The lowest BCUT2D eigenvalue weighted by Gasteiger charge is -2.45. The summed E-state index contributed by atoms with van der Waals surface area (Å²) in [6.07, 6.45) is 8.99. The summed E-state index contributed by atoms with van der Waals surface area (Å²) in [6, 6.07) is 4.28. The minimum atomic E-state index is -0.377. The first-order valence-corrected chi connectivity index (χ1v) is 9.94. The van der Waals surface area contributed by atoms with Gasteiger partial charge in [0.05, 0.1) is 29.9 Å². The Morgan fingerprint density at radius 3 is 2.90 bits per heavy atom. The molecular weight excluding hydrogens is 380 g/mol. The zero-order chi connectivity index (χ0) is 20.9. The molecule has 0 spiro atoms. The number of aromatic nitrogens is 7. The number of hydrogen-bond acceptors (Lipinski definition) is 7. The van der Waals surface area contributed by atoms with E-state index in [0.29, 0.717) is 18.1 Å². The fourth-order valence-corrected chi connectivity index (χ4v) is 4.10. The van der Waals surface area contributed by atoms with Gasteiger partial charge in [0.2, 0.25) is 5.89 Å². The lowest BCUT2D eigenvalue weighted by molar-refractivity contribution is 0.0823. The second-order valence-electron chi connectivity index (χ2n) is 9.01. The standard InChI is InChI=1S/C21H22N8O/c1-20(2,3)19-27-18(30-28-19)13-8-21(9-13,5-6-22)29-11-14(10-26-29)16-15-4-7-23-17(15)25-12-24-16/h4,7,10-13H,5,8-9H2,1-3H3,(H,23,24,25). The van der Waals surface area contributed by atoms with Gasteiger partial charge in [-0.15, -0.1) is 0 Å². The maximum Gasteiger partial charge on any atom is 0.229 e. The molecular formula is C21H22N8O. The third-order valence-electron chi connectivity index (χ3n) is 5.82. The largest absolute Gasteiger partial charge is 0.346 e.